The first-order chi connectivity index (χ1) is 11.4. The first kappa shape index (κ1) is 22.4. The Kier molecular flexibility index (Phi) is 5.59. The fourth-order valence-electron chi connectivity index (χ4n) is 1.56. The number of hydrogen-bond acceptors (Lipinski definition) is 2. The molecule has 0 fully saturated rings. The van der Waals surface area contributed by atoms with Gasteiger partial charge in [0.25, 0.3) is 0 Å². The summed E-state index contributed by atoms with van der Waals surface area (Å²) in [6.45, 7) is 0. The first-order valence-corrected chi connectivity index (χ1v) is 7.07. The minimum Gasteiger partial charge on any atom is -0.340 e. The van der Waals surface area contributed by atoms with Gasteiger partial charge in [-0.25, -0.2) is 8.60 Å². The minimum absolute atomic E-state index is 0.109. The fourth-order valence-corrected chi connectivity index (χ4v) is 2.33. The molecule has 0 aliphatic heterocycles. The van der Waals surface area contributed by atoms with Gasteiger partial charge in [0.05, 0.1) is 10.6 Å². The van der Waals surface area contributed by atoms with E-state index in [9.17, 15) is 56.9 Å². The van der Waals surface area contributed by atoms with Gasteiger partial charge >= 0.3 is 29.6 Å². The monoisotopic (exact) mass is 427 g/mol. The van der Waals surface area contributed by atoms with Gasteiger partial charge in [0.2, 0.25) is 0 Å². The maximum absolute atomic E-state index is 13.9. The van der Waals surface area contributed by atoms with Crippen LogP contribution in [0.5, 0.6) is 0 Å². The van der Waals surface area contributed by atoms with Crippen LogP contribution in [0, 0.1) is 0 Å². The van der Waals surface area contributed by atoms with Crippen molar-refractivity contribution in [2.24, 2.45) is 0 Å². The highest BCUT2D eigenvalue weighted by Gasteiger charge is 2.81. The maximum Gasteiger partial charge on any atom is 0.475 e. The SMILES string of the molecule is O=S(c1ccccc1NC(F)(C(F)(F)F)C(F)(F)C(F)(F)F)C(F)(F)F. The van der Waals surface area contributed by atoms with Gasteiger partial charge in [0, 0.05) is 0 Å². The lowest BCUT2D eigenvalue weighted by atomic mass is 10.1. The number of rotatable bonds is 4. The summed E-state index contributed by atoms with van der Waals surface area (Å²) in [5.74, 6) is -13.6. The molecule has 0 aliphatic rings. The lowest BCUT2D eigenvalue weighted by molar-refractivity contribution is -0.375. The Balaban J connectivity index is 3.57. The van der Waals surface area contributed by atoms with Gasteiger partial charge in [-0.3, -0.25) is 0 Å². The number of hydrogen-bond donors (Lipinski definition) is 1. The molecule has 0 radical (unpaired) electrons. The number of benzene rings is 1. The van der Waals surface area contributed by atoms with Crippen LogP contribution in [0.25, 0.3) is 0 Å². The second-order valence-electron chi connectivity index (χ2n) is 4.56. The van der Waals surface area contributed by atoms with E-state index in [1.165, 1.54) is 0 Å². The molecule has 26 heavy (non-hydrogen) atoms. The summed E-state index contributed by atoms with van der Waals surface area (Å²) in [7, 11) is -4.14. The third-order valence-corrected chi connectivity index (χ3v) is 3.96. The van der Waals surface area contributed by atoms with E-state index in [1.54, 1.807) is 0 Å². The molecule has 0 aliphatic carbocycles. The van der Waals surface area contributed by atoms with Crippen LogP contribution in [0.4, 0.5) is 58.4 Å². The molecular weight excluding hydrogens is 422 g/mol. The molecule has 1 N–H and O–H groups in total. The van der Waals surface area contributed by atoms with E-state index in [4.69, 9.17) is 0 Å². The van der Waals surface area contributed by atoms with Crippen LogP contribution in [-0.4, -0.2) is 33.8 Å². The average Bonchev–Trinajstić information content (AvgIpc) is 2.43. The highest BCUT2D eigenvalue weighted by atomic mass is 32.2. The fraction of sp³-hybridized carbons (Fsp3) is 0.455. The predicted molar refractivity (Wildman–Crippen MR) is 63.4 cm³/mol. The molecule has 150 valence electrons. The lowest BCUT2D eigenvalue weighted by Gasteiger charge is -2.37. The van der Waals surface area contributed by atoms with Gasteiger partial charge in [-0.2, -0.15) is 48.3 Å². The lowest BCUT2D eigenvalue weighted by Crippen LogP contribution is -2.66. The third-order valence-electron chi connectivity index (χ3n) is 2.78. The van der Waals surface area contributed by atoms with E-state index in [0.717, 1.165) is 0 Å². The van der Waals surface area contributed by atoms with Crippen LogP contribution in [-0.2, 0) is 10.8 Å². The van der Waals surface area contributed by atoms with Crippen molar-refractivity contribution in [1.29, 1.82) is 0 Å². The molecule has 0 amide bonds. The van der Waals surface area contributed by atoms with Gasteiger partial charge in [0.15, 0.2) is 10.8 Å². The van der Waals surface area contributed by atoms with Crippen LogP contribution in [0.3, 0.4) is 0 Å². The number of para-hydroxylation sites is 1. The molecule has 1 aromatic rings. The number of alkyl halides is 12. The zero-order valence-electron chi connectivity index (χ0n) is 11.7. The standard InChI is InChI=1S/C11H5F12NOS/c12-7(13,9(15,16)17)8(14,10(18,19)20)24-5-3-1-2-4-6(5)26(25)11(21,22)23/h1-4,24H. The van der Waals surface area contributed by atoms with Crippen molar-refractivity contribution in [3.05, 3.63) is 24.3 Å². The van der Waals surface area contributed by atoms with E-state index in [0.29, 0.717) is 12.1 Å². The summed E-state index contributed by atoms with van der Waals surface area (Å²) < 4.78 is 163. The Labute approximate surface area is 138 Å². The molecule has 1 aromatic carbocycles. The molecule has 0 saturated carbocycles. The van der Waals surface area contributed by atoms with E-state index >= 15 is 0 Å². The van der Waals surface area contributed by atoms with Crippen molar-refractivity contribution in [2.75, 3.05) is 5.32 Å². The highest BCUT2D eigenvalue weighted by Crippen LogP contribution is 2.53. The summed E-state index contributed by atoms with van der Waals surface area (Å²) in [5.41, 5.74) is -7.42. The van der Waals surface area contributed by atoms with Gasteiger partial charge in [-0.1, -0.05) is 12.1 Å². The van der Waals surface area contributed by atoms with Crippen molar-refractivity contribution in [3.8, 4) is 0 Å². The average molecular weight is 427 g/mol. The molecule has 2 atom stereocenters. The molecular formula is C11H5F12NOS. The topological polar surface area (TPSA) is 29.1 Å². The van der Waals surface area contributed by atoms with Crippen LogP contribution in [0.2, 0.25) is 0 Å². The van der Waals surface area contributed by atoms with Crippen molar-refractivity contribution in [2.45, 2.75) is 34.5 Å². The van der Waals surface area contributed by atoms with Crippen molar-refractivity contribution >= 4 is 16.5 Å². The van der Waals surface area contributed by atoms with Gasteiger partial charge in [-0.15, -0.1) is 0 Å². The van der Waals surface area contributed by atoms with Crippen molar-refractivity contribution in [3.63, 3.8) is 0 Å². The van der Waals surface area contributed by atoms with E-state index in [1.807, 2.05) is 0 Å². The molecule has 0 heterocycles. The molecule has 2 unspecified atom stereocenters. The Morgan fingerprint density at radius 2 is 1.19 bits per heavy atom. The molecule has 2 nitrogen and oxygen atoms in total. The van der Waals surface area contributed by atoms with Crippen molar-refractivity contribution < 1.29 is 56.9 Å². The number of anilines is 1. The molecule has 0 aromatic heterocycles. The van der Waals surface area contributed by atoms with E-state index in [2.05, 4.69) is 0 Å². The molecule has 0 spiro atoms. The largest absolute Gasteiger partial charge is 0.475 e. The Morgan fingerprint density at radius 1 is 0.731 bits per heavy atom. The normalized spacial score (nSPS) is 17.5. The van der Waals surface area contributed by atoms with Crippen LogP contribution in [0.15, 0.2) is 29.2 Å². The van der Waals surface area contributed by atoms with Crippen LogP contribution >= 0.6 is 0 Å². The summed E-state index contributed by atoms with van der Waals surface area (Å²) in [5, 5.41) is 0.109. The minimum atomic E-state index is -7.09. The first-order valence-electron chi connectivity index (χ1n) is 5.92. The Hall–Kier alpha value is -1.67. The Bertz CT molecular complexity index is 679. The molecule has 0 saturated heterocycles. The van der Waals surface area contributed by atoms with Crippen LogP contribution in [0.1, 0.15) is 0 Å². The van der Waals surface area contributed by atoms with Crippen molar-refractivity contribution in [1.82, 2.24) is 0 Å². The molecule has 0 bridgehead atoms. The summed E-state index contributed by atoms with van der Waals surface area (Å²) in [6, 6.07) is 1.61. The second-order valence-corrected chi connectivity index (χ2v) is 6.00. The zero-order valence-corrected chi connectivity index (χ0v) is 12.5. The zero-order chi connectivity index (χ0) is 20.8. The van der Waals surface area contributed by atoms with Gasteiger partial charge < -0.3 is 5.32 Å². The van der Waals surface area contributed by atoms with Crippen LogP contribution < -0.4 is 5.32 Å². The number of nitrogens with one attached hydrogen (secondary N) is 1. The van der Waals surface area contributed by atoms with Gasteiger partial charge in [0.1, 0.15) is 0 Å². The van der Waals surface area contributed by atoms with Gasteiger partial charge in [-0.05, 0) is 12.1 Å². The summed E-state index contributed by atoms with van der Waals surface area (Å²) in [4.78, 5) is -1.68. The summed E-state index contributed by atoms with van der Waals surface area (Å²) >= 11 is 0. The smallest absolute Gasteiger partial charge is 0.340 e. The molecule has 15 heteroatoms. The number of halogens is 12. The Morgan fingerprint density at radius 3 is 1.58 bits per heavy atom. The summed E-state index contributed by atoms with van der Waals surface area (Å²) in [6.07, 6.45) is -14.0. The third kappa shape index (κ3) is 3.86. The highest BCUT2D eigenvalue weighted by molar-refractivity contribution is 7.86. The van der Waals surface area contributed by atoms with E-state index in [-0.39, 0.29) is 17.4 Å². The molecule has 1 rings (SSSR count). The maximum atomic E-state index is 13.9. The second kappa shape index (κ2) is 6.49. The predicted octanol–water partition coefficient (Wildman–Crippen LogP) is 5.15. The quantitative estimate of drug-likeness (QED) is 0.532. The van der Waals surface area contributed by atoms with E-state index < -0.39 is 51.0 Å².